The molecule has 0 amide bonds. The first-order valence-corrected chi connectivity index (χ1v) is 5.20. The Kier molecular flexibility index (Phi) is 4.40. The average Bonchev–Trinajstić information content (AvgIpc) is 2.27. The number of benzene rings is 1. The summed E-state index contributed by atoms with van der Waals surface area (Å²) in [7, 11) is 3.00. The largest absolute Gasteiger partial charge is 0.496 e. The summed E-state index contributed by atoms with van der Waals surface area (Å²) >= 11 is 5.98. The first kappa shape index (κ1) is 13.4. The highest BCUT2D eigenvalue weighted by molar-refractivity contribution is 6.32. The van der Waals surface area contributed by atoms with Gasteiger partial charge < -0.3 is 14.6 Å². The molecular formula is C12H13ClO4. The van der Waals surface area contributed by atoms with E-state index in [0.29, 0.717) is 27.7 Å². The van der Waals surface area contributed by atoms with Crippen LogP contribution in [0.3, 0.4) is 0 Å². The maximum absolute atomic E-state index is 10.6. The standard InChI is InChI=1S/C12H13ClO4/c1-7(4-12(14)15)8-5-9(13)11(17-3)6-10(8)16-2/h4-6H,1-3H3,(H,14,15)/b7-4+. The van der Waals surface area contributed by atoms with Crippen LogP contribution < -0.4 is 9.47 Å². The molecule has 0 aromatic heterocycles. The summed E-state index contributed by atoms with van der Waals surface area (Å²) in [6.07, 6.45) is 1.10. The molecule has 17 heavy (non-hydrogen) atoms. The van der Waals surface area contributed by atoms with Gasteiger partial charge in [0.2, 0.25) is 0 Å². The molecule has 0 bridgehead atoms. The number of halogens is 1. The number of methoxy groups -OCH3 is 2. The second-order valence-electron chi connectivity index (χ2n) is 3.35. The third-order valence-electron chi connectivity index (χ3n) is 2.24. The molecule has 0 heterocycles. The topological polar surface area (TPSA) is 55.8 Å². The number of carboxylic acids is 1. The van der Waals surface area contributed by atoms with Crippen molar-refractivity contribution < 1.29 is 19.4 Å². The minimum atomic E-state index is -1.02. The normalized spacial score (nSPS) is 11.2. The van der Waals surface area contributed by atoms with Gasteiger partial charge in [-0.2, -0.15) is 0 Å². The molecule has 1 rings (SSSR count). The van der Waals surface area contributed by atoms with Gasteiger partial charge in [0.25, 0.3) is 0 Å². The van der Waals surface area contributed by atoms with E-state index in [2.05, 4.69) is 0 Å². The Morgan fingerprint density at radius 3 is 2.35 bits per heavy atom. The third-order valence-corrected chi connectivity index (χ3v) is 2.53. The van der Waals surface area contributed by atoms with Crippen molar-refractivity contribution in [3.05, 3.63) is 28.8 Å². The van der Waals surface area contributed by atoms with Crippen molar-refractivity contribution in [3.8, 4) is 11.5 Å². The van der Waals surface area contributed by atoms with Crippen LogP contribution in [0.25, 0.3) is 5.57 Å². The molecule has 0 spiro atoms. The Hall–Kier alpha value is -1.68. The van der Waals surface area contributed by atoms with E-state index in [1.165, 1.54) is 14.2 Å². The van der Waals surface area contributed by atoms with Crippen molar-refractivity contribution >= 4 is 23.1 Å². The van der Waals surface area contributed by atoms with E-state index in [4.69, 9.17) is 26.2 Å². The molecule has 0 atom stereocenters. The molecule has 92 valence electrons. The summed E-state index contributed by atoms with van der Waals surface area (Å²) in [6, 6.07) is 3.24. The van der Waals surface area contributed by atoms with Gasteiger partial charge in [0.1, 0.15) is 11.5 Å². The average molecular weight is 257 g/mol. The number of rotatable bonds is 4. The zero-order valence-corrected chi connectivity index (χ0v) is 10.5. The maximum Gasteiger partial charge on any atom is 0.328 e. The van der Waals surface area contributed by atoms with E-state index in [-0.39, 0.29) is 0 Å². The third kappa shape index (κ3) is 3.14. The van der Waals surface area contributed by atoms with Gasteiger partial charge in [-0.15, -0.1) is 0 Å². The Morgan fingerprint density at radius 2 is 1.88 bits per heavy atom. The molecule has 0 fully saturated rings. The van der Waals surface area contributed by atoms with Gasteiger partial charge in [-0.1, -0.05) is 11.6 Å². The lowest BCUT2D eigenvalue weighted by atomic mass is 10.1. The van der Waals surface area contributed by atoms with E-state index in [1.54, 1.807) is 19.1 Å². The lowest BCUT2D eigenvalue weighted by Crippen LogP contribution is -1.95. The number of hydrogen-bond acceptors (Lipinski definition) is 3. The Labute approximate surface area is 104 Å². The van der Waals surface area contributed by atoms with Crippen LogP contribution in [0, 0.1) is 0 Å². The zero-order valence-electron chi connectivity index (χ0n) is 9.78. The first-order chi connectivity index (χ1) is 7.99. The molecule has 0 aliphatic heterocycles. The zero-order chi connectivity index (χ0) is 13.0. The van der Waals surface area contributed by atoms with Gasteiger partial charge in [-0.3, -0.25) is 0 Å². The van der Waals surface area contributed by atoms with Crippen LogP contribution in [0.1, 0.15) is 12.5 Å². The smallest absolute Gasteiger partial charge is 0.328 e. The highest BCUT2D eigenvalue weighted by Gasteiger charge is 2.11. The molecule has 0 aliphatic carbocycles. The van der Waals surface area contributed by atoms with Crippen molar-refractivity contribution in [2.24, 2.45) is 0 Å². The van der Waals surface area contributed by atoms with Gasteiger partial charge in [-0.05, 0) is 18.6 Å². The molecule has 4 nitrogen and oxygen atoms in total. The Bertz CT molecular complexity index is 466. The predicted molar refractivity (Wildman–Crippen MR) is 65.8 cm³/mol. The minimum absolute atomic E-state index is 0.404. The molecule has 0 radical (unpaired) electrons. The van der Waals surface area contributed by atoms with E-state index in [9.17, 15) is 4.79 Å². The van der Waals surface area contributed by atoms with Gasteiger partial charge in [-0.25, -0.2) is 4.79 Å². The number of hydrogen-bond donors (Lipinski definition) is 1. The van der Waals surface area contributed by atoms with E-state index in [0.717, 1.165) is 6.08 Å². The fraction of sp³-hybridized carbons (Fsp3) is 0.250. The van der Waals surface area contributed by atoms with Gasteiger partial charge >= 0.3 is 5.97 Å². The van der Waals surface area contributed by atoms with E-state index in [1.807, 2.05) is 0 Å². The monoisotopic (exact) mass is 256 g/mol. The van der Waals surface area contributed by atoms with Crippen LogP contribution in [0.4, 0.5) is 0 Å². The van der Waals surface area contributed by atoms with Crippen molar-refractivity contribution in [2.45, 2.75) is 6.92 Å². The van der Waals surface area contributed by atoms with Crippen molar-refractivity contribution in [3.63, 3.8) is 0 Å². The van der Waals surface area contributed by atoms with Crippen LogP contribution in [0.5, 0.6) is 11.5 Å². The molecule has 0 saturated carbocycles. The van der Waals surface area contributed by atoms with Crippen LogP contribution >= 0.6 is 11.6 Å². The SMILES string of the molecule is COc1cc(OC)c(/C(C)=C/C(=O)O)cc1Cl. The minimum Gasteiger partial charge on any atom is -0.496 e. The van der Waals surface area contributed by atoms with Crippen molar-refractivity contribution in [1.29, 1.82) is 0 Å². The summed E-state index contributed by atoms with van der Waals surface area (Å²) in [5.41, 5.74) is 1.18. The number of aliphatic carboxylic acids is 1. The van der Waals surface area contributed by atoms with E-state index >= 15 is 0 Å². The van der Waals surface area contributed by atoms with Crippen LogP contribution in [-0.4, -0.2) is 25.3 Å². The fourth-order valence-electron chi connectivity index (χ4n) is 1.43. The number of carboxylic acid groups (broad SMARTS) is 1. The van der Waals surface area contributed by atoms with Gasteiger partial charge in [0.15, 0.2) is 0 Å². The number of carbonyl (C=O) groups is 1. The molecule has 0 unspecified atom stereocenters. The Balaban J connectivity index is 3.33. The lowest BCUT2D eigenvalue weighted by Gasteiger charge is -2.12. The van der Waals surface area contributed by atoms with Gasteiger partial charge in [0, 0.05) is 17.7 Å². The summed E-state index contributed by atoms with van der Waals surface area (Å²) in [4.78, 5) is 10.6. The molecular weight excluding hydrogens is 244 g/mol. The van der Waals surface area contributed by atoms with Gasteiger partial charge in [0.05, 0.1) is 19.2 Å². The summed E-state index contributed by atoms with van der Waals surface area (Å²) in [5, 5.41) is 9.11. The summed E-state index contributed by atoms with van der Waals surface area (Å²) < 4.78 is 10.2. The molecule has 1 aromatic rings. The Morgan fingerprint density at radius 1 is 1.29 bits per heavy atom. The molecule has 0 aliphatic rings. The molecule has 5 heteroatoms. The van der Waals surface area contributed by atoms with Crippen LogP contribution in [0.15, 0.2) is 18.2 Å². The molecule has 1 aromatic carbocycles. The van der Waals surface area contributed by atoms with Crippen LogP contribution in [-0.2, 0) is 4.79 Å². The fourth-order valence-corrected chi connectivity index (χ4v) is 1.67. The van der Waals surface area contributed by atoms with Crippen molar-refractivity contribution in [1.82, 2.24) is 0 Å². The molecule has 0 saturated heterocycles. The number of allylic oxidation sites excluding steroid dienone is 1. The highest BCUT2D eigenvalue weighted by Crippen LogP contribution is 2.35. The van der Waals surface area contributed by atoms with Crippen molar-refractivity contribution in [2.75, 3.05) is 14.2 Å². The second kappa shape index (κ2) is 5.59. The second-order valence-corrected chi connectivity index (χ2v) is 3.76. The van der Waals surface area contributed by atoms with E-state index < -0.39 is 5.97 Å². The highest BCUT2D eigenvalue weighted by atomic mass is 35.5. The number of ether oxygens (including phenoxy) is 2. The summed E-state index contributed by atoms with van der Waals surface area (Å²) in [6.45, 7) is 1.68. The summed E-state index contributed by atoms with van der Waals surface area (Å²) in [5.74, 6) is -0.0202. The molecule has 1 N–H and O–H groups in total. The predicted octanol–water partition coefficient (Wildman–Crippen LogP) is 2.85. The lowest BCUT2D eigenvalue weighted by molar-refractivity contribution is -0.131. The quantitative estimate of drug-likeness (QED) is 0.842. The maximum atomic E-state index is 10.6. The first-order valence-electron chi connectivity index (χ1n) is 4.82. The van der Waals surface area contributed by atoms with Crippen LogP contribution in [0.2, 0.25) is 5.02 Å².